The first-order chi connectivity index (χ1) is 11.6. The topological polar surface area (TPSA) is 133 Å². The number of aliphatic carboxylic acids is 1. The lowest BCUT2D eigenvalue weighted by molar-refractivity contribution is -0.141. The number of hydrogen-bond acceptors (Lipinski definition) is 7. The Morgan fingerprint density at radius 3 is 2.96 bits per heavy atom. The maximum atomic E-state index is 11.4. The summed E-state index contributed by atoms with van der Waals surface area (Å²) in [6.45, 7) is 1.76. The fourth-order valence-corrected chi connectivity index (χ4v) is 2.57. The Kier molecular flexibility index (Phi) is 2.94. The number of nitrogens with zero attached hydrogens (tertiary/aromatic N) is 6. The van der Waals surface area contributed by atoms with Crippen LogP contribution in [0.4, 0.5) is 5.95 Å². The number of carbonyl (C=O) groups is 1. The molecule has 0 spiro atoms. The third-order valence-corrected chi connectivity index (χ3v) is 3.71. The number of nitrogens with two attached hydrogens (primary N) is 1. The third kappa shape index (κ3) is 1.90. The molecule has 1 unspecified atom stereocenters. The molecule has 0 aliphatic carbocycles. The van der Waals surface area contributed by atoms with Crippen molar-refractivity contribution >= 4 is 34.4 Å². The lowest BCUT2D eigenvalue weighted by Crippen LogP contribution is -2.20. The SMILES string of the molecule is CCC(C(=O)O)n1ncc2c1nc(N)n1nc(C3=CC=[C+]O3)nc21. The molecule has 120 valence electrons. The summed E-state index contributed by atoms with van der Waals surface area (Å²) >= 11 is 0. The number of aromatic nitrogens is 6. The summed E-state index contributed by atoms with van der Waals surface area (Å²) in [7, 11) is 0. The molecule has 3 N–H and O–H groups in total. The van der Waals surface area contributed by atoms with Crippen LogP contribution in [0.15, 0.2) is 18.3 Å². The normalized spacial score (nSPS) is 14.6. The molecule has 4 rings (SSSR count). The van der Waals surface area contributed by atoms with Crippen LogP contribution < -0.4 is 5.73 Å². The highest BCUT2D eigenvalue weighted by atomic mass is 16.5. The minimum atomic E-state index is -0.990. The number of carboxylic acid groups (broad SMARTS) is 1. The van der Waals surface area contributed by atoms with Gasteiger partial charge >= 0.3 is 11.7 Å². The van der Waals surface area contributed by atoms with Crippen molar-refractivity contribution in [3.63, 3.8) is 0 Å². The predicted octanol–water partition coefficient (Wildman–Crippen LogP) is 0.780. The van der Waals surface area contributed by atoms with Gasteiger partial charge in [0.15, 0.2) is 23.4 Å². The molecule has 4 heterocycles. The number of ether oxygens (including phenoxy) is 1. The number of hydrogen-bond donors (Lipinski definition) is 2. The lowest BCUT2D eigenvalue weighted by atomic mass is 10.2. The lowest BCUT2D eigenvalue weighted by Gasteiger charge is -2.11. The van der Waals surface area contributed by atoms with Gasteiger partial charge in [-0.3, -0.25) is 4.74 Å². The van der Waals surface area contributed by atoms with Crippen LogP contribution >= 0.6 is 0 Å². The molecule has 10 nitrogen and oxygen atoms in total. The molecule has 3 aromatic rings. The van der Waals surface area contributed by atoms with E-state index in [1.165, 1.54) is 15.4 Å². The van der Waals surface area contributed by atoms with Gasteiger partial charge in [0.25, 0.3) is 5.82 Å². The average Bonchev–Trinajstić information content (AvgIpc) is 3.26. The maximum absolute atomic E-state index is 11.4. The first-order valence-corrected chi connectivity index (χ1v) is 7.18. The van der Waals surface area contributed by atoms with E-state index in [2.05, 4.69) is 26.4 Å². The monoisotopic (exact) mass is 326 g/mol. The Labute approximate surface area is 134 Å². The first-order valence-electron chi connectivity index (χ1n) is 7.18. The van der Waals surface area contributed by atoms with Crippen LogP contribution in [0.2, 0.25) is 0 Å². The largest absolute Gasteiger partial charge is 0.480 e. The molecule has 0 saturated carbocycles. The fourth-order valence-electron chi connectivity index (χ4n) is 2.57. The first kappa shape index (κ1) is 14.1. The number of allylic oxidation sites excluding steroid dienone is 2. The Bertz CT molecular complexity index is 1030. The minimum absolute atomic E-state index is 0.0776. The van der Waals surface area contributed by atoms with Gasteiger partial charge in [-0.2, -0.15) is 19.6 Å². The van der Waals surface area contributed by atoms with Gasteiger partial charge in [-0.25, -0.2) is 9.48 Å². The molecule has 1 aliphatic heterocycles. The van der Waals surface area contributed by atoms with Crippen molar-refractivity contribution < 1.29 is 14.6 Å². The summed E-state index contributed by atoms with van der Waals surface area (Å²) in [5.41, 5.74) is 6.73. The molecule has 3 aromatic heterocycles. The van der Waals surface area contributed by atoms with Gasteiger partial charge in [0, 0.05) is 0 Å². The van der Waals surface area contributed by atoms with Gasteiger partial charge in [0.2, 0.25) is 12.2 Å². The molecular formula is C14H12N7O3+. The Hall–Kier alpha value is -3.52. The van der Waals surface area contributed by atoms with Gasteiger partial charge in [0.05, 0.1) is 11.6 Å². The van der Waals surface area contributed by atoms with Crippen LogP contribution in [0.3, 0.4) is 0 Å². The van der Waals surface area contributed by atoms with Crippen molar-refractivity contribution in [2.75, 3.05) is 5.73 Å². The van der Waals surface area contributed by atoms with Crippen LogP contribution in [0, 0.1) is 6.26 Å². The second-order valence-corrected chi connectivity index (χ2v) is 5.15. The zero-order chi connectivity index (χ0) is 16.8. The molecule has 1 atom stereocenters. The van der Waals surface area contributed by atoms with E-state index in [1.807, 2.05) is 0 Å². The number of carboxylic acids is 1. The molecule has 24 heavy (non-hydrogen) atoms. The summed E-state index contributed by atoms with van der Waals surface area (Å²) < 4.78 is 7.88. The molecule has 10 heteroatoms. The van der Waals surface area contributed by atoms with Crippen LogP contribution in [0.1, 0.15) is 25.2 Å². The molecule has 0 saturated heterocycles. The van der Waals surface area contributed by atoms with Crippen molar-refractivity contribution in [2.24, 2.45) is 0 Å². The van der Waals surface area contributed by atoms with Gasteiger partial charge < -0.3 is 10.8 Å². The summed E-state index contributed by atoms with van der Waals surface area (Å²) in [5.74, 6) is -0.143. The Balaban J connectivity index is 1.95. The number of rotatable bonds is 4. The standard InChI is InChI=1S/C14H11N7O3/c1-2-8(13(22)23)20-12-7(6-16-20)11-17-10(9-4-3-5-24-9)19-21(11)14(15)18-12/h3-4,6,8H,2H2,1H3,(H2-,15,16,17,18,19,22,23)/p+1. The van der Waals surface area contributed by atoms with Crippen molar-refractivity contribution in [1.29, 1.82) is 0 Å². The van der Waals surface area contributed by atoms with Gasteiger partial charge in [-0.05, 0) is 6.42 Å². The molecule has 0 radical (unpaired) electrons. The molecule has 0 bridgehead atoms. The average molecular weight is 326 g/mol. The van der Waals surface area contributed by atoms with Gasteiger partial charge in [-0.1, -0.05) is 6.92 Å². The van der Waals surface area contributed by atoms with Crippen molar-refractivity contribution in [3.8, 4) is 0 Å². The van der Waals surface area contributed by atoms with Crippen molar-refractivity contribution in [1.82, 2.24) is 29.4 Å². The Morgan fingerprint density at radius 1 is 1.46 bits per heavy atom. The number of nitrogen functional groups attached to an aromatic ring is 1. The second-order valence-electron chi connectivity index (χ2n) is 5.15. The zero-order valence-electron chi connectivity index (χ0n) is 12.5. The van der Waals surface area contributed by atoms with Crippen LogP contribution in [0.5, 0.6) is 0 Å². The van der Waals surface area contributed by atoms with E-state index in [4.69, 9.17) is 10.5 Å². The van der Waals surface area contributed by atoms with E-state index in [-0.39, 0.29) is 5.95 Å². The minimum Gasteiger partial charge on any atom is -0.480 e. The smallest absolute Gasteiger partial charge is 0.338 e. The van der Waals surface area contributed by atoms with E-state index < -0.39 is 12.0 Å². The number of fused-ring (bicyclic) bond motifs is 3. The highest BCUT2D eigenvalue weighted by Gasteiger charge is 2.26. The van der Waals surface area contributed by atoms with Crippen molar-refractivity contribution in [2.45, 2.75) is 19.4 Å². The summed E-state index contributed by atoms with van der Waals surface area (Å²) in [4.78, 5) is 20.1. The highest BCUT2D eigenvalue weighted by Crippen LogP contribution is 2.25. The molecule has 0 aromatic carbocycles. The van der Waals surface area contributed by atoms with Crippen LogP contribution in [-0.2, 0) is 9.53 Å². The number of anilines is 1. The zero-order valence-corrected chi connectivity index (χ0v) is 12.5. The Morgan fingerprint density at radius 2 is 2.29 bits per heavy atom. The van der Waals surface area contributed by atoms with E-state index in [0.29, 0.717) is 34.7 Å². The quantitative estimate of drug-likeness (QED) is 0.672. The van der Waals surface area contributed by atoms with Crippen molar-refractivity contribution in [3.05, 3.63) is 30.4 Å². The molecule has 1 aliphatic rings. The summed E-state index contributed by atoms with van der Waals surface area (Å²) in [6, 6.07) is -0.834. The predicted molar refractivity (Wildman–Crippen MR) is 82.3 cm³/mol. The van der Waals surface area contributed by atoms with E-state index in [0.717, 1.165) is 0 Å². The highest BCUT2D eigenvalue weighted by molar-refractivity contribution is 5.91. The van der Waals surface area contributed by atoms with E-state index in [9.17, 15) is 9.90 Å². The summed E-state index contributed by atoms with van der Waals surface area (Å²) in [5, 5.41) is 18.3. The van der Waals surface area contributed by atoms with Crippen LogP contribution in [-0.4, -0.2) is 40.4 Å². The van der Waals surface area contributed by atoms with Gasteiger partial charge in [-0.15, -0.1) is 5.10 Å². The van der Waals surface area contributed by atoms with Crippen LogP contribution in [0.25, 0.3) is 22.4 Å². The maximum Gasteiger partial charge on any atom is 0.338 e. The second kappa shape index (κ2) is 5.00. The fraction of sp³-hybridized carbons (Fsp3) is 0.214. The van der Waals surface area contributed by atoms with Gasteiger partial charge in [0.1, 0.15) is 6.08 Å². The third-order valence-electron chi connectivity index (χ3n) is 3.71. The molecule has 0 fully saturated rings. The van der Waals surface area contributed by atoms with E-state index >= 15 is 0 Å². The van der Waals surface area contributed by atoms with E-state index in [1.54, 1.807) is 19.1 Å². The molecule has 0 amide bonds. The summed E-state index contributed by atoms with van der Waals surface area (Å²) in [6.07, 6.45) is 7.72. The molecular weight excluding hydrogens is 314 g/mol.